The molecule has 1 saturated carbocycles. The third-order valence-corrected chi connectivity index (χ3v) is 5.68. The Labute approximate surface area is 163 Å². The molecule has 0 amide bonds. The maximum absolute atomic E-state index is 11.4. The number of hydrogen-bond donors (Lipinski definition) is 3. The van der Waals surface area contributed by atoms with E-state index >= 15 is 0 Å². The van der Waals surface area contributed by atoms with Gasteiger partial charge in [0.1, 0.15) is 0 Å². The van der Waals surface area contributed by atoms with Crippen LogP contribution in [0.2, 0.25) is 0 Å². The molecule has 1 aliphatic heterocycles. The van der Waals surface area contributed by atoms with E-state index in [2.05, 4.69) is 26.9 Å². The van der Waals surface area contributed by atoms with Crippen LogP contribution in [0.5, 0.6) is 0 Å². The molecule has 0 aromatic heterocycles. The summed E-state index contributed by atoms with van der Waals surface area (Å²) in [4.78, 5) is 6.89. The van der Waals surface area contributed by atoms with Gasteiger partial charge in [-0.1, -0.05) is 13.3 Å². The van der Waals surface area contributed by atoms with Gasteiger partial charge in [0.25, 0.3) is 0 Å². The van der Waals surface area contributed by atoms with Gasteiger partial charge in [-0.3, -0.25) is 9.89 Å². The molecule has 0 radical (unpaired) electrons. The van der Waals surface area contributed by atoms with Gasteiger partial charge in [0.05, 0.1) is 6.26 Å². The van der Waals surface area contributed by atoms with Crippen molar-refractivity contribution in [1.82, 2.24) is 14.9 Å². The number of rotatable bonds is 7. The Balaban J connectivity index is 0.00000288. The number of nitrogens with zero attached hydrogens (tertiary/aromatic N) is 2. The summed E-state index contributed by atoms with van der Waals surface area (Å²) in [5.41, 5.74) is 5.97. The van der Waals surface area contributed by atoms with Crippen LogP contribution in [-0.2, 0) is 10.0 Å². The molecule has 3 unspecified atom stereocenters. The predicted molar refractivity (Wildman–Crippen MR) is 109 cm³/mol. The van der Waals surface area contributed by atoms with Gasteiger partial charge in [0, 0.05) is 25.2 Å². The average Bonchev–Trinajstić information content (AvgIpc) is 3.09. The zero-order valence-corrected chi connectivity index (χ0v) is 17.8. The summed E-state index contributed by atoms with van der Waals surface area (Å²) >= 11 is 0. The summed E-state index contributed by atoms with van der Waals surface area (Å²) in [7, 11) is -3.16. The second-order valence-electron chi connectivity index (χ2n) is 6.72. The minimum absolute atomic E-state index is 0. The molecule has 1 saturated heterocycles. The first-order valence-corrected chi connectivity index (χ1v) is 10.5. The summed E-state index contributed by atoms with van der Waals surface area (Å²) in [6.07, 6.45) is 6.58. The van der Waals surface area contributed by atoms with Crippen LogP contribution in [0.3, 0.4) is 0 Å². The monoisotopic (exact) mass is 473 g/mol. The van der Waals surface area contributed by atoms with Gasteiger partial charge in [0.2, 0.25) is 10.0 Å². The Kier molecular flexibility index (Phi) is 9.24. The molecular formula is C15H32IN5O2S. The Morgan fingerprint density at radius 3 is 2.71 bits per heavy atom. The van der Waals surface area contributed by atoms with Crippen molar-refractivity contribution in [1.29, 1.82) is 0 Å². The van der Waals surface area contributed by atoms with Crippen molar-refractivity contribution in [3.63, 3.8) is 0 Å². The quantitative estimate of drug-likeness (QED) is 0.287. The van der Waals surface area contributed by atoms with Crippen LogP contribution in [-0.4, -0.2) is 63.8 Å². The maximum atomic E-state index is 11.4. The molecule has 1 aliphatic carbocycles. The molecular weight excluding hydrogens is 441 g/mol. The number of likely N-dealkylation sites (N-methyl/N-ethyl adjacent to an activating group) is 1. The smallest absolute Gasteiger partial charge is 0.208 e. The van der Waals surface area contributed by atoms with E-state index in [1.54, 1.807) is 0 Å². The molecule has 0 spiro atoms. The van der Waals surface area contributed by atoms with Crippen LogP contribution in [0, 0.1) is 5.92 Å². The molecule has 142 valence electrons. The van der Waals surface area contributed by atoms with E-state index in [1.165, 1.54) is 25.6 Å². The number of hydrogen-bond acceptors (Lipinski definition) is 4. The van der Waals surface area contributed by atoms with Crippen LogP contribution < -0.4 is 15.8 Å². The van der Waals surface area contributed by atoms with Crippen LogP contribution in [0.4, 0.5) is 0 Å². The molecule has 9 heteroatoms. The number of halogens is 1. The van der Waals surface area contributed by atoms with Crippen molar-refractivity contribution in [2.45, 2.75) is 51.1 Å². The summed E-state index contributed by atoms with van der Waals surface area (Å²) in [6.45, 7) is 5.84. The van der Waals surface area contributed by atoms with Gasteiger partial charge in [-0.05, 0) is 44.7 Å². The number of nitrogens with two attached hydrogens (primary N) is 1. The number of likely N-dealkylation sites (tertiary alicyclic amines) is 1. The first-order valence-electron chi connectivity index (χ1n) is 8.64. The van der Waals surface area contributed by atoms with Gasteiger partial charge in [0.15, 0.2) is 5.96 Å². The summed E-state index contributed by atoms with van der Waals surface area (Å²) in [5.74, 6) is 0.710. The van der Waals surface area contributed by atoms with E-state index in [9.17, 15) is 8.42 Å². The van der Waals surface area contributed by atoms with Crippen LogP contribution >= 0.6 is 24.0 Å². The van der Waals surface area contributed by atoms with E-state index in [4.69, 9.17) is 5.73 Å². The fourth-order valence-electron chi connectivity index (χ4n) is 3.72. The Hall–Kier alpha value is -0.130. The molecule has 1 heterocycles. The average molecular weight is 473 g/mol. The Morgan fingerprint density at radius 2 is 2.04 bits per heavy atom. The zero-order chi connectivity index (χ0) is 16.9. The van der Waals surface area contributed by atoms with Crippen molar-refractivity contribution in [2.24, 2.45) is 16.6 Å². The fraction of sp³-hybridized carbons (Fsp3) is 0.933. The molecule has 0 aromatic rings. The van der Waals surface area contributed by atoms with E-state index in [0.717, 1.165) is 32.4 Å². The first kappa shape index (κ1) is 21.9. The SMILES string of the molecule is CCN1CCCC1CNC(N)=NCC1CCCC1NS(C)(=O)=O.I. The number of aliphatic imine (C=N–C) groups is 1. The molecule has 4 N–H and O–H groups in total. The predicted octanol–water partition coefficient (Wildman–Crippen LogP) is 0.711. The van der Waals surface area contributed by atoms with Gasteiger partial charge in [-0.2, -0.15) is 0 Å². The minimum atomic E-state index is -3.16. The third-order valence-electron chi connectivity index (χ3n) is 4.94. The largest absolute Gasteiger partial charge is 0.370 e. The van der Waals surface area contributed by atoms with E-state index in [0.29, 0.717) is 18.5 Å². The molecule has 3 atom stereocenters. The lowest BCUT2D eigenvalue weighted by atomic mass is 10.1. The third kappa shape index (κ3) is 7.01. The van der Waals surface area contributed by atoms with Crippen molar-refractivity contribution in [3.8, 4) is 0 Å². The number of nitrogens with one attached hydrogen (secondary N) is 2. The molecule has 7 nitrogen and oxygen atoms in total. The second-order valence-corrected chi connectivity index (χ2v) is 8.50. The van der Waals surface area contributed by atoms with Crippen LogP contribution in [0.25, 0.3) is 0 Å². The molecule has 2 rings (SSSR count). The Morgan fingerprint density at radius 1 is 1.29 bits per heavy atom. The highest BCUT2D eigenvalue weighted by Crippen LogP contribution is 2.26. The lowest BCUT2D eigenvalue weighted by molar-refractivity contribution is 0.267. The molecule has 0 bridgehead atoms. The van der Waals surface area contributed by atoms with Crippen LogP contribution in [0.15, 0.2) is 4.99 Å². The maximum Gasteiger partial charge on any atom is 0.208 e. The summed E-state index contributed by atoms with van der Waals surface area (Å²) in [5, 5.41) is 3.22. The van der Waals surface area contributed by atoms with Gasteiger partial charge < -0.3 is 11.1 Å². The lowest BCUT2D eigenvalue weighted by Gasteiger charge is -2.23. The normalized spacial score (nSPS) is 28.8. The highest BCUT2D eigenvalue weighted by atomic mass is 127. The van der Waals surface area contributed by atoms with E-state index in [1.807, 2.05) is 0 Å². The molecule has 24 heavy (non-hydrogen) atoms. The first-order chi connectivity index (χ1) is 10.9. The zero-order valence-electron chi connectivity index (χ0n) is 14.7. The van der Waals surface area contributed by atoms with E-state index < -0.39 is 10.0 Å². The van der Waals surface area contributed by atoms with Gasteiger partial charge in [-0.15, -0.1) is 24.0 Å². The number of guanidine groups is 1. The summed E-state index contributed by atoms with van der Waals surface area (Å²) < 4.78 is 25.5. The van der Waals surface area contributed by atoms with Gasteiger partial charge >= 0.3 is 0 Å². The highest BCUT2D eigenvalue weighted by Gasteiger charge is 2.29. The molecule has 2 aliphatic rings. The van der Waals surface area contributed by atoms with Crippen molar-refractivity contribution >= 4 is 40.0 Å². The van der Waals surface area contributed by atoms with Crippen molar-refractivity contribution in [3.05, 3.63) is 0 Å². The lowest BCUT2D eigenvalue weighted by Crippen LogP contribution is -2.43. The van der Waals surface area contributed by atoms with E-state index in [-0.39, 0.29) is 35.9 Å². The highest BCUT2D eigenvalue weighted by molar-refractivity contribution is 14.0. The Bertz CT molecular complexity index is 514. The molecule has 0 aromatic carbocycles. The fourth-order valence-corrected chi connectivity index (χ4v) is 4.58. The summed E-state index contributed by atoms with van der Waals surface area (Å²) in [6, 6.07) is 0.534. The molecule has 2 fully saturated rings. The standard InChI is InChI=1S/C15H31N5O2S.HI/c1-3-20-9-5-7-13(20)11-18-15(16)17-10-12-6-4-8-14(12)19-23(2,21)22;/h12-14,19H,3-11H2,1-2H3,(H3,16,17,18);1H. The second kappa shape index (κ2) is 10.1. The van der Waals surface area contributed by atoms with Crippen molar-refractivity contribution in [2.75, 3.05) is 32.4 Å². The topological polar surface area (TPSA) is 99.8 Å². The number of sulfonamides is 1. The van der Waals surface area contributed by atoms with Crippen molar-refractivity contribution < 1.29 is 8.42 Å². The van der Waals surface area contributed by atoms with Crippen LogP contribution in [0.1, 0.15) is 39.0 Å². The van der Waals surface area contributed by atoms with Gasteiger partial charge in [-0.25, -0.2) is 13.1 Å². The minimum Gasteiger partial charge on any atom is -0.370 e.